The van der Waals surface area contributed by atoms with Crippen molar-refractivity contribution in [3.8, 4) is 5.75 Å². The first-order valence-corrected chi connectivity index (χ1v) is 11.8. The fourth-order valence-electron chi connectivity index (χ4n) is 3.54. The topological polar surface area (TPSA) is 176 Å². The lowest BCUT2D eigenvalue weighted by Gasteiger charge is -2.28. The molecule has 0 atom stereocenters. The molecule has 4 rings (SSSR count). The molecule has 0 aliphatic carbocycles. The number of amides is 4. The van der Waals surface area contributed by atoms with Gasteiger partial charge >= 0.3 is 16.2 Å². The number of fused-ring (bicyclic) bond motifs is 1. The first-order chi connectivity index (χ1) is 16.4. The number of carbonyl (C=O) groups is 3. The van der Waals surface area contributed by atoms with Crippen LogP contribution in [0.25, 0.3) is 0 Å². The Balaban J connectivity index is 1.47. The molecule has 0 bridgehead atoms. The summed E-state index contributed by atoms with van der Waals surface area (Å²) in [4.78, 5) is 43.5. The molecule has 35 heavy (non-hydrogen) atoms. The Morgan fingerprint density at radius 3 is 2.71 bits per heavy atom. The van der Waals surface area contributed by atoms with Gasteiger partial charge in [-0.05, 0) is 38.1 Å². The molecule has 1 aromatic heterocycles. The summed E-state index contributed by atoms with van der Waals surface area (Å²) in [5, 5.41) is 2.83. The molecule has 1 aromatic carbocycles. The van der Waals surface area contributed by atoms with Crippen molar-refractivity contribution in [2.75, 3.05) is 29.8 Å². The van der Waals surface area contributed by atoms with Gasteiger partial charge in [-0.15, -0.1) is 4.40 Å². The minimum Gasteiger partial charge on any atom is -0.490 e. The van der Waals surface area contributed by atoms with Crippen LogP contribution in [-0.4, -0.2) is 67.7 Å². The SMILES string of the molecule is CN1CC(=O)N(c2cc(C(=O)NC(C)(C)COc3cccc4c3C(N)=NS(=O)(=O)N4)ccn2)C1=O. The fourth-order valence-corrected chi connectivity index (χ4v) is 4.38. The van der Waals surface area contributed by atoms with Crippen LogP contribution in [0.5, 0.6) is 5.75 Å². The fraction of sp³-hybridized carbons (Fsp3) is 0.286. The van der Waals surface area contributed by atoms with E-state index >= 15 is 0 Å². The third kappa shape index (κ3) is 4.87. The van der Waals surface area contributed by atoms with Crippen LogP contribution in [0, 0.1) is 0 Å². The Kier molecular flexibility index (Phi) is 5.84. The number of likely N-dealkylation sites (N-methyl/N-ethyl adjacent to an activating group) is 1. The standard InChI is InChI=1S/C21H23N7O6S/c1-21(2,11-34-14-6-4-5-13-17(14)18(22)26-35(32,33)25-13)24-19(30)12-7-8-23-15(9-12)28-16(29)10-27(3)20(28)31/h4-9,25H,10-11H2,1-3H3,(H2,22,26)(H,24,30). The zero-order chi connectivity index (χ0) is 25.5. The Hall–Kier alpha value is -4.20. The molecule has 0 spiro atoms. The molecular weight excluding hydrogens is 478 g/mol. The second-order valence-electron chi connectivity index (χ2n) is 8.63. The molecule has 14 heteroatoms. The van der Waals surface area contributed by atoms with Crippen LogP contribution in [-0.2, 0) is 15.0 Å². The van der Waals surface area contributed by atoms with Gasteiger partial charge in [-0.25, -0.2) is 14.7 Å². The van der Waals surface area contributed by atoms with Crippen LogP contribution in [0.3, 0.4) is 0 Å². The van der Waals surface area contributed by atoms with E-state index in [2.05, 4.69) is 19.4 Å². The van der Waals surface area contributed by atoms with Gasteiger partial charge in [0.1, 0.15) is 24.7 Å². The minimum absolute atomic E-state index is 0.00105. The summed E-state index contributed by atoms with van der Waals surface area (Å²) >= 11 is 0. The normalized spacial score (nSPS) is 16.9. The molecule has 0 unspecified atom stereocenters. The maximum absolute atomic E-state index is 12.9. The quantitative estimate of drug-likeness (QED) is 0.478. The Bertz CT molecular complexity index is 1370. The van der Waals surface area contributed by atoms with E-state index in [-0.39, 0.29) is 41.8 Å². The number of rotatable bonds is 6. The van der Waals surface area contributed by atoms with Crippen molar-refractivity contribution in [3.63, 3.8) is 0 Å². The molecular formula is C21H23N7O6S. The first kappa shape index (κ1) is 23.9. The van der Waals surface area contributed by atoms with Crippen LogP contribution in [0.4, 0.5) is 16.3 Å². The highest BCUT2D eigenvalue weighted by molar-refractivity contribution is 7.91. The third-order valence-electron chi connectivity index (χ3n) is 5.16. The number of nitrogens with two attached hydrogens (primary N) is 1. The maximum Gasteiger partial charge on any atom is 0.344 e. The Morgan fingerprint density at radius 1 is 1.29 bits per heavy atom. The summed E-state index contributed by atoms with van der Waals surface area (Å²) in [6.07, 6.45) is 1.34. The average molecular weight is 502 g/mol. The summed E-state index contributed by atoms with van der Waals surface area (Å²) in [5.74, 6) is -0.780. The van der Waals surface area contributed by atoms with Crippen molar-refractivity contribution in [2.45, 2.75) is 19.4 Å². The second-order valence-corrected chi connectivity index (χ2v) is 9.97. The van der Waals surface area contributed by atoms with E-state index in [0.29, 0.717) is 5.56 Å². The van der Waals surface area contributed by atoms with Gasteiger partial charge in [0.25, 0.3) is 11.8 Å². The highest BCUT2D eigenvalue weighted by Gasteiger charge is 2.36. The van der Waals surface area contributed by atoms with E-state index < -0.39 is 33.6 Å². The number of aromatic nitrogens is 1. The zero-order valence-electron chi connectivity index (χ0n) is 19.1. The first-order valence-electron chi connectivity index (χ1n) is 10.4. The van der Waals surface area contributed by atoms with Crippen molar-refractivity contribution in [3.05, 3.63) is 47.7 Å². The largest absolute Gasteiger partial charge is 0.490 e. The number of nitrogens with zero attached hydrogens (tertiary/aromatic N) is 4. The molecule has 184 valence electrons. The van der Waals surface area contributed by atoms with Crippen LogP contribution >= 0.6 is 0 Å². The van der Waals surface area contributed by atoms with Gasteiger partial charge in [0.15, 0.2) is 5.84 Å². The molecule has 3 heterocycles. The molecule has 0 radical (unpaired) electrons. The number of anilines is 2. The van der Waals surface area contributed by atoms with Gasteiger partial charge in [0, 0.05) is 18.8 Å². The molecule has 2 aliphatic heterocycles. The maximum atomic E-state index is 12.9. The lowest BCUT2D eigenvalue weighted by molar-refractivity contribution is -0.116. The van der Waals surface area contributed by atoms with Crippen molar-refractivity contribution in [1.82, 2.24) is 15.2 Å². The molecule has 4 N–H and O–H groups in total. The van der Waals surface area contributed by atoms with E-state index in [9.17, 15) is 22.8 Å². The number of amidine groups is 1. The van der Waals surface area contributed by atoms with Gasteiger partial charge in [-0.2, -0.15) is 8.42 Å². The summed E-state index contributed by atoms with van der Waals surface area (Å²) in [6, 6.07) is 7.03. The average Bonchev–Trinajstić information content (AvgIpc) is 3.02. The van der Waals surface area contributed by atoms with E-state index in [1.807, 2.05) is 0 Å². The highest BCUT2D eigenvalue weighted by Crippen LogP contribution is 2.31. The Morgan fingerprint density at radius 2 is 2.03 bits per heavy atom. The number of carbonyl (C=O) groups excluding carboxylic acids is 3. The molecule has 4 amide bonds. The Labute approximate surface area is 201 Å². The number of hydrogen-bond acceptors (Lipinski definition) is 8. The lowest BCUT2D eigenvalue weighted by Crippen LogP contribution is -2.48. The van der Waals surface area contributed by atoms with Crippen LogP contribution in [0.2, 0.25) is 0 Å². The summed E-state index contributed by atoms with van der Waals surface area (Å²) < 4.78 is 35.1. The summed E-state index contributed by atoms with van der Waals surface area (Å²) in [6.45, 7) is 3.39. The van der Waals surface area contributed by atoms with Gasteiger partial charge < -0.3 is 20.7 Å². The highest BCUT2D eigenvalue weighted by atomic mass is 32.2. The third-order valence-corrected chi connectivity index (χ3v) is 6.07. The number of imide groups is 1. The lowest BCUT2D eigenvalue weighted by atomic mass is 10.1. The van der Waals surface area contributed by atoms with E-state index in [0.717, 1.165) is 4.90 Å². The number of ether oxygens (including phenoxy) is 1. The number of urea groups is 1. The molecule has 2 aliphatic rings. The van der Waals surface area contributed by atoms with Crippen LogP contribution < -0.4 is 25.4 Å². The van der Waals surface area contributed by atoms with E-state index in [4.69, 9.17) is 10.5 Å². The molecule has 2 aromatic rings. The van der Waals surface area contributed by atoms with Crippen LogP contribution in [0.15, 0.2) is 40.9 Å². The molecule has 0 saturated carbocycles. The number of hydrogen-bond donors (Lipinski definition) is 3. The second kappa shape index (κ2) is 8.54. The van der Waals surface area contributed by atoms with Crippen LogP contribution in [0.1, 0.15) is 29.8 Å². The van der Waals surface area contributed by atoms with Gasteiger partial charge in [-0.1, -0.05) is 6.07 Å². The number of nitrogens with one attached hydrogen (secondary N) is 2. The van der Waals surface area contributed by atoms with Crippen molar-refractivity contribution in [1.29, 1.82) is 0 Å². The monoisotopic (exact) mass is 501 g/mol. The van der Waals surface area contributed by atoms with E-state index in [1.165, 1.54) is 36.3 Å². The van der Waals surface area contributed by atoms with Crippen molar-refractivity contribution < 1.29 is 27.5 Å². The summed E-state index contributed by atoms with van der Waals surface area (Å²) in [7, 11) is -2.43. The smallest absolute Gasteiger partial charge is 0.344 e. The molecule has 1 fully saturated rings. The summed E-state index contributed by atoms with van der Waals surface area (Å²) in [5.41, 5.74) is 5.68. The number of benzene rings is 1. The van der Waals surface area contributed by atoms with Gasteiger partial charge in [0.2, 0.25) is 0 Å². The number of pyridine rings is 1. The van der Waals surface area contributed by atoms with E-state index in [1.54, 1.807) is 26.0 Å². The zero-order valence-corrected chi connectivity index (χ0v) is 19.9. The predicted molar refractivity (Wildman–Crippen MR) is 126 cm³/mol. The minimum atomic E-state index is -3.92. The van der Waals surface area contributed by atoms with Gasteiger partial charge in [-0.3, -0.25) is 14.3 Å². The molecule has 1 saturated heterocycles. The predicted octanol–water partition coefficient (Wildman–Crippen LogP) is 0.443. The van der Waals surface area contributed by atoms with Crippen molar-refractivity contribution >= 4 is 45.4 Å². The van der Waals surface area contributed by atoms with Crippen molar-refractivity contribution in [2.24, 2.45) is 10.1 Å². The van der Waals surface area contributed by atoms with Gasteiger partial charge in [0.05, 0.1) is 16.8 Å². The molecule has 13 nitrogen and oxygen atoms in total.